The number of aliphatic hydroxyl groups excluding tert-OH is 1. The van der Waals surface area contributed by atoms with Crippen molar-refractivity contribution in [3.63, 3.8) is 0 Å². The maximum Gasteiger partial charge on any atom is 0.0501 e. The Kier molecular flexibility index (Phi) is 6.27. The highest BCUT2D eigenvalue weighted by molar-refractivity contribution is 5.07. The van der Waals surface area contributed by atoms with Gasteiger partial charge in [0.2, 0.25) is 0 Å². The van der Waals surface area contributed by atoms with Crippen molar-refractivity contribution in [2.24, 2.45) is 11.3 Å². The van der Waals surface area contributed by atoms with Crippen LogP contribution in [0, 0.1) is 11.3 Å². The number of hydrogen-bond acceptors (Lipinski definition) is 3. The van der Waals surface area contributed by atoms with Crippen LogP contribution >= 0.6 is 0 Å². The van der Waals surface area contributed by atoms with Gasteiger partial charge < -0.3 is 19.7 Å². The molecule has 2 N–H and O–H groups in total. The molecule has 1 aromatic rings. The highest BCUT2D eigenvalue weighted by Gasteiger charge is 2.31. The summed E-state index contributed by atoms with van der Waals surface area (Å²) in [5.74, 6) is 0.730. The molecule has 4 nitrogen and oxygen atoms in total. The Labute approximate surface area is 128 Å². The quantitative estimate of drug-likeness (QED) is 0.774. The number of nitrogens with one attached hydrogen (secondary N) is 1. The Bertz CT molecular complexity index is 409. The average Bonchev–Trinajstić information content (AvgIpc) is 2.93. The summed E-state index contributed by atoms with van der Waals surface area (Å²) in [6.45, 7) is 9.13. The molecule has 0 bridgehead atoms. The van der Waals surface area contributed by atoms with Crippen molar-refractivity contribution in [3.8, 4) is 0 Å². The highest BCUT2D eigenvalue weighted by atomic mass is 16.5. The first-order valence-corrected chi connectivity index (χ1v) is 8.18. The molecule has 1 aliphatic rings. The summed E-state index contributed by atoms with van der Waals surface area (Å²) in [7, 11) is 0. The SMILES string of the molecule is CC(C)CCn1cccc1CNCC1(CO)CCOCC1. The number of hydrogen-bond donors (Lipinski definition) is 2. The Hall–Kier alpha value is -0.840. The summed E-state index contributed by atoms with van der Waals surface area (Å²) in [4.78, 5) is 0. The Morgan fingerprint density at radius 1 is 1.38 bits per heavy atom. The van der Waals surface area contributed by atoms with Crippen LogP contribution in [-0.2, 0) is 17.8 Å². The van der Waals surface area contributed by atoms with Gasteiger partial charge in [0.1, 0.15) is 0 Å². The molecular weight excluding hydrogens is 264 g/mol. The normalized spacial score (nSPS) is 18.3. The van der Waals surface area contributed by atoms with Gasteiger partial charge in [-0.2, -0.15) is 0 Å². The minimum absolute atomic E-state index is 0.00755. The van der Waals surface area contributed by atoms with Crippen molar-refractivity contribution in [2.45, 2.75) is 46.2 Å². The Morgan fingerprint density at radius 2 is 2.14 bits per heavy atom. The molecule has 1 fully saturated rings. The van der Waals surface area contributed by atoms with E-state index in [0.717, 1.165) is 51.6 Å². The first kappa shape index (κ1) is 16.5. The predicted octanol–water partition coefficient (Wildman–Crippen LogP) is 2.41. The smallest absolute Gasteiger partial charge is 0.0501 e. The van der Waals surface area contributed by atoms with E-state index in [1.54, 1.807) is 0 Å². The van der Waals surface area contributed by atoms with E-state index in [1.807, 2.05) is 0 Å². The van der Waals surface area contributed by atoms with Gasteiger partial charge in [-0.25, -0.2) is 0 Å². The number of nitrogens with zero attached hydrogens (tertiary/aromatic N) is 1. The molecular formula is C17H30N2O2. The molecule has 0 amide bonds. The van der Waals surface area contributed by atoms with Crippen LogP contribution in [0.2, 0.25) is 0 Å². The molecule has 2 heterocycles. The average molecular weight is 294 g/mol. The molecule has 0 aromatic carbocycles. The van der Waals surface area contributed by atoms with Gasteiger partial charge in [0.15, 0.2) is 0 Å². The lowest BCUT2D eigenvalue weighted by molar-refractivity contribution is -0.0154. The maximum absolute atomic E-state index is 9.70. The topological polar surface area (TPSA) is 46.4 Å². The van der Waals surface area contributed by atoms with Crippen molar-refractivity contribution in [2.75, 3.05) is 26.4 Å². The molecule has 0 atom stereocenters. The van der Waals surface area contributed by atoms with E-state index in [2.05, 4.69) is 42.1 Å². The van der Waals surface area contributed by atoms with E-state index in [9.17, 15) is 5.11 Å². The molecule has 0 radical (unpaired) electrons. The molecule has 1 saturated heterocycles. The number of ether oxygens (including phenoxy) is 1. The van der Waals surface area contributed by atoms with Crippen LogP contribution in [0.1, 0.15) is 38.8 Å². The summed E-state index contributed by atoms with van der Waals surface area (Å²) in [6, 6.07) is 4.30. The van der Waals surface area contributed by atoms with Gasteiger partial charge in [-0.1, -0.05) is 13.8 Å². The number of aliphatic hydroxyl groups is 1. The van der Waals surface area contributed by atoms with E-state index >= 15 is 0 Å². The third-order valence-electron chi connectivity index (χ3n) is 4.57. The largest absolute Gasteiger partial charge is 0.396 e. The summed E-state index contributed by atoms with van der Waals surface area (Å²) in [5.41, 5.74) is 1.34. The molecule has 0 spiro atoms. The molecule has 1 aliphatic heterocycles. The van der Waals surface area contributed by atoms with Crippen LogP contribution in [0.25, 0.3) is 0 Å². The van der Waals surface area contributed by atoms with Gasteiger partial charge in [0.05, 0.1) is 6.61 Å². The monoisotopic (exact) mass is 294 g/mol. The van der Waals surface area contributed by atoms with E-state index in [1.165, 1.54) is 12.1 Å². The van der Waals surface area contributed by atoms with Gasteiger partial charge in [0.25, 0.3) is 0 Å². The number of aromatic nitrogens is 1. The van der Waals surface area contributed by atoms with E-state index in [0.29, 0.717) is 0 Å². The van der Waals surface area contributed by atoms with E-state index in [4.69, 9.17) is 4.74 Å². The fourth-order valence-electron chi connectivity index (χ4n) is 2.88. The van der Waals surface area contributed by atoms with Crippen molar-refractivity contribution in [1.82, 2.24) is 9.88 Å². The van der Waals surface area contributed by atoms with Crippen LogP contribution in [0.4, 0.5) is 0 Å². The zero-order chi connectivity index (χ0) is 15.1. The Morgan fingerprint density at radius 3 is 2.81 bits per heavy atom. The fourth-order valence-corrected chi connectivity index (χ4v) is 2.88. The van der Waals surface area contributed by atoms with Crippen LogP contribution in [0.5, 0.6) is 0 Å². The second-order valence-corrected chi connectivity index (χ2v) is 6.75. The van der Waals surface area contributed by atoms with Gasteiger partial charge >= 0.3 is 0 Å². The molecule has 1 aromatic heterocycles. The second kappa shape index (κ2) is 7.97. The van der Waals surface area contributed by atoms with E-state index < -0.39 is 0 Å². The second-order valence-electron chi connectivity index (χ2n) is 6.75. The van der Waals surface area contributed by atoms with Crippen LogP contribution in [0.15, 0.2) is 18.3 Å². The lowest BCUT2D eigenvalue weighted by atomic mass is 9.81. The third kappa shape index (κ3) is 4.83. The van der Waals surface area contributed by atoms with E-state index in [-0.39, 0.29) is 12.0 Å². The predicted molar refractivity (Wildman–Crippen MR) is 85.2 cm³/mol. The molecule has 0 saturated carbocycles. The van der Waals surface area contributed by atoms with Crippen molar-refractivity contribution >= 4 is 0 Å². The zero-order valence-electron chi connectivity index (χ0n) is 13.5. The maximum atomic E-state index is 9.70. The first-order chi connectivity index (χ1) is 10.2. The van der Waals surface area contributed by atoms with Crippen LogP contribution in [0.3, 0.4) is 0 Å². The number of rotatable bonds is 8. The van der Waals surface area contributed by atoms with Gasteiger partial charge in [-0.3, -0.25) is 0 Å². The van der Waals surface area contributed by atoms with Crippen LogP contribution < -0.4 is 5.32 Å². The van der Waals surface area contributed by atoms with Crippen molar-refractivity contribution < 1.29 is 9.84 Å². The zero-order valence-corrected chi connectivity index (χ0v) is 13.5. The Balaban J connectivity index is 1.81. The van der Waals surface area contributed by atoms with Crippen molar-refractivity contribution in [1.29, 1.82) is 0 Å². The molecule has 21 heavy (non-hydrogen) atoms. The highest BCUT2D eigenvalue weighted by Crippen LogP contribution is 2.29. The minimum Gasteiger partial charge on any atom is -0.396 e. The number of aryl methyl sites for hydroxylation is 1. The van der Waals surface area contributed by atoms with Gasteiger partial charge in [0, 0.05) is 50.2 Å². The molecule has 2 rings (SSSR count). The summed E-state index contributed by atoms with van der Waals surface area (Å²) >= 11 is 0. The fraction of sp³-hybridized carbons (Fsp3) is 0.765. The first-order valence-electron chi connectivity index (χ1n) is 8.18. The van der Waals surface area contributed by atoms with Gasteiger partial charge in [-0.15, -0.1) is 0 Å². The summed E-state index contributed by atoms with van der Waals surface area (Å²) in [5, 5.41) is 13.2. The van der Waals surface area contributed by atoms with Crippen LogP contribution in [-0.4, -0.2) is 36.0 Å². The molecule has 4 heteroatoms. The summed E-state index contributed by atoms with van der Waals surface area (Å²) in [6.07, 6.45) is 5.27. The molecule has 0 unspecified atom stereocenters. The van der Waals surface area contributed by atoms with Crippen molar-refractivity contribution in [3.05, 3.63) is 24.0 Å². The van der Waals surface area contributed by atoms with Gasteiger partial charge in [-0.05, 0) is 37.3 Å². The molecule has 0 aliphatic carbocycles. The minimum atomic E-state index is 0.00755. The molecule has 120 valence electrons. The standard InChI is InChI=1S/C17H30N2O2/c1-15(2)5-9-19-8-3-4-16(19)12-18-13-17(14-20)6-10-21-11-7-17/h3-4,8,15,18,20H,5-7,9-14H2,1-2H3. The lowest BCUT2D eigenvalue weighted by Gasteiger charge is -2.35. The third-order valence-corrected chi connectivity index (χ3v) is 4.57. The summed E-state index contributed by atoms with van der Waals surface area (Å²) < 4.78 is 7.75. The lowest BCUT2D eigenvalue weighted by Crippen LogP contribution is -2.41.